The van der Waals surface area contributed by atoms with Crippen LogP contribution in [-0.4, -0.2) is 41.9 Å². The minimum atomic E-state index is -0.854. The maximum atomic E-state index is 13.9. The van der Waals surface area contributed by atoms with Gasteiger partial charge in [-0.25, -0.2) is 9.38 Å². The predicted octanol–water partition coefficient (Wildman–Crippen LogP) is 3.57. The fourth-order valence-electron chi connectivity index (χ4n) is 4.33. The Bertz CT molecular complexity index is 1190. The van der Waals surface area contributed by atoms with Crippen LogP contribution >= 0.6 is 0 Å². The van der Waals surface area contributed by atoms with Crippen molar-refractivity contribution in [1.29, 1.82) is 0 Å². The van der Waals surface area contributed by atoms with E-state index in [1.54, 1.807) is 24.5 Å². The average molecular weight is 415 g/mol. The van der Waals surface area contributed by atoms with Crippen LogP contribution in [-0.2, 0) is 5.54 Å². The van der Waals surface area contributed by atoms with Crippen molar-refractivity contribution >= 4 is 11.8 Å². The number of guanidine groups is 1. The number of aromatic nitrogens is 1. The molecule has 31 heavy (non-hydrogen) atoms. The lowest BCUT2D eigenvalue weighted by Gasteiger charge is -2.33. The van der Waals surface area contributed by atoms with Gasteiger partial charge in [-0.3, -0.25) is 14.9 Å². The van der Waals surface area contributed by atoms with Gasteiger partial charge in [-0.05, 0) is 59.0 Å². The maximum absolute atomic E-state index is 13.9. The highest BCUT2D eigenvalue weighted by Crippen LogP contribution is 2.42. The van der Waals surface area contributed by atoms with Crippen LogP contribution in [0.15, 0.2) is 77.0 Å². The van der Waals surface area contributed by atoms with E-state index in [0.29, 0.717) is 5.96 Å². The van der Waals surface area contributed by atoms with Crippen molar-refractivity contribution in [3.05, 3.63) is 83.9 Å². The number of benzene rings is 2. The van der Waals surface area contributed by atoms with Gasteiger partial charge in [0.15, 0.2) is 23.1 Å². The topological polar surface area (TPSA) is 76.1 Å². The Hall–Kier alpha value is -3.74. The van der Waals surface area contributed by atoms with Crippen LogP contribution in [0.5, 0.6) is 5.75 Å². The molecule has 0 bridgehead atoms. The summed E-state index contributed by atoms with van der Waals surface area (Å²) < 4.78 is 19.1. The molecule has 2 aliphatic heterocycles. The largest absolute Gasteiger partial charge is 0.494 e. The number of hydrogen-bond acceptors (Lipinski definition) is 6. The number of nitrogens with two attached hydrogens (primary N) is 1. The first-order chi connectivity index (χ1) is 15.1. The zero-order chi connectivity index (χ0) is 21.4. The molecule has 2 aliphatic rings. The molecule has 1 aromatic heterocycles. The van der Waals surface area contributed by atoms with E-state index < -0.39 is 11.4 Å². The summed E-state index contributed by atoms with van der Waals surface area (Å²) in [5, 5.41) is 0. The molecule has 1 unspecified atom stereocenters. The van der Waals surface area contributed by atoms with Crippen LogP contribution < -0.4 is 10.5 Å². The Morgan fingerprint density at radius 2 is 1.84 bits per heavy atom. The summed E-state index contributed by atoms with van der Waals surface area (Å²) in [6.07, 6.45) is 4.44. The van der Waals surface area contributed by atoms with E-state index in [1.807, 2.05) is 35.2 Å². The molecule has 0 amide bonds. The number of ether oxygens (including phenoxy) is 1. The van der Waals surface area contributed by atoms with Crippen LogP contribution in [0.2, 0.25) is 0 Å². The molecule has 0 aliphatic carbocycles. The molecule has 2 N–H and O–H groups in total. The Kier molecular flexibility index (Phi) is 4.66. The number of aliphatic imine (C=N–C) groups is 2. The van der Waals surface area contributed by atoms with Crippen LogP contribution in [0.25, 0.3) is 11.1 Å². The number of methoxy groups -OCH3 is 1. The molecule has 0 spiro atoms. The fourth-order valence-corrected chi connectivity index (χ4v) is 4.33. The minimum Gasteiger partial charge on any atom is -0.494 e. The molecular weight excluding hydrogens is 393 g/mol. The Morgan fingerprint density at radius 3 is 2.65 bits per heavy atom. The number of rotatable bonds is 4. The van der Waals surface area contributed by atoms with Crippen LogP contribution in [0, 0.1) is 5.82 Å². The second kappa shape index (κ2) is 7.50. The van der Waals surface area contributed by atoms with Crippen molar-refractivity contribution in [3.8, 4) is 16.9 Å². The lowest BCUT2D eigenvalue weighted by Crippen LogP contribution is -2.46. The molecule has 0 radical (unpaired) electrons. The highest BCUT2D eigenvalue weighted by Gasteiger charge is 2.49. The van der Waals surface area contributed by atoms with E-state index in [-0.39, 0.29) is 5.75 Å². The summed E-state index contributed by atoms with van der Waals surface area (Å²) >= 11 is 0. The molecule has 0 saturated heterocycles. The summed E-state index contributed by atoms with van der Waals surface area (Å²) in [5.74, 6) is 1.11. The fraction of sp³-hybridized carbons (Fsp3) is 0.208. The molecule has 0 saturated carbocycles. The van der Waals surface area contributed by atoms with Crippen LogP contribution in [0.3, 0.4) is 0 Å². The first-order valence-electron chi connectivity index (χ1n) is 10.2. The number of pyridine rings is 1. The quantitative estimate of drug-likeness (QED) is 0.707. The monoisotopic (exact) mass is 415 g/mol. The second-order valence-electron chi connectivity index (χ2n) is 7.56. The summed E-state index contributed by atoms with van der Waals surface area (Å²) in [6, 6.07) is 16.8. The lowest BCUT2D eigenvalue weighted by atomic mass is 9.81. The lowest BCUT2D eigenvalue weighted by molar-refractivity contribution is 0.387. The number of halogens is 1. The Morgan fingerprint density at radius 1 is 1.03 bits per heavy atom. The summed E-state index contributed by atoms with van der Waals surface area (Å²) in [5.41, 5.74) is 9.17. The molecule has 6 nitrogen and oxygen atoms in total. The van der Waals surface area contributed by atoms with Gasteiger partial charge in [0.05, 0.1) is 7.11 Å². The first kappa shape index (κ1) is 19.2. The zero-order valence-corrected chi connectivity index (χ0v) is 17.1. The minimum absolute atomic E-state index is 0.206. The second-order valence-corrected chi connectivity index (χ2v) is 7.56. The van der Waals surface area contributed by atoms with Crippen molar-refractivity contribution < 1.29 is 9.13 Å². The molecule has 5 rings (SSSR count). The van der Waals surface area contributed by atoms with Crippen molar-refractivity contribution in [3.63, 3.8) is 0 Å². The number of amidine groups is 1. The van der Waals surface area contributed by atoms with E-state index in [2.05, 4.69) is 11.1 Å². The van der Waals surface area contributed by atoms with E-state index in [4.69, 9.17) is 20.5 Å². The normalized spacial score (nSPS) is 20.1. The third-order valence-electron chi connectivity index (χ3n) is 5.80. The van der Waals surface area contributed by atoms with Gasteiger partial charge in [0.25, 0.3) is 0 Å². The molecule has 3 heterocycles. The molecule has 3 aromatic rings. The summed E-state index contributed by atoms with van der Waals surface area (Å²) in [7, 11) is 1.46. The van der Waals surface area contributed by atoms with E-state index in [0.717, 1.165) is 47.6 Å². The highest BCUT2D eigenvalue weighted by molar-refractivity contribution is 6.12. The van der Waals surface area contributed by atoms with Gasteiger partial charge in [-0.15, -0.1) is 0 Å². The molecule has 156 valence electrons. The smallest absolute Gasteiger partial charge is 0.198 e. The zero-order valence-electron chi connectivity index (χ0n) is 17.1. The molecule has 7 heteroatoms. The van der Waals surface area contributed by atoms with Gasteiger partial charge in [0, 0.05) is 25.5 Å². The molecule has 1 atom stereocenters. The van der Waals surface area contributed by atoms with Crippen molar-refractivity contribution in [2.24, 2.45) is 15.7 Å². The van der Waals surface area contributed by atoms with E-state index in [9.17, 15) is 4.39 Å². The third kappa shape index (κ3) is 3.04. The van der Waals surface area contributed by atoms with Crippen molar-refractivity contribution in [2.45, 2.75) is 12.0 Å². The SMILES string of the molecule is COc1cc(-c2cccc(C3(c4ccncc4)N=C(N)N4CCCN=C43)c2)ccc1F. The van der Waals surface area contributed by atoms with E-state index in [1.165, 1.54) is 13.2 Å². The van der Waals surface area contributed by atoms with Gasteiger partial charge < -0.3 is 10.5 Å². The number of hydrogen-bond donors (Lipinski definition) is 1. The predicted molar refractivity (Wildman–Crippen MR) is 119 cm³/mol. The Labute approximate surface area is 179 Å². The van der Waals surface area contributed by atoms with Gasteiger partial charge in [-0.2, -0.15) is 0 Å². The highest BCUT2D eigenvalue weighted by atomic mass is 19.1. The van der Waals surface area contributed by atoms with Gasteiger partial charge >= 0.3 is 0 Å². The van der Waals surface area contributed by atoms with Crippen LogP contribution in [0.1, 0.15) is 17.5 Å². The van der Waals surface area contributed by atoms with Crippen LogP contribution in [0.4, 0.5) is 4.39 Å². The number of nitrogens with zero attached hydrogens (tertiary/aromatic N) is 4. The van der Waals surface area contributed by atoms with Gasteiger partial charge in [0.2, 0.25) is 0 Å². The third-order valence-corrected chi connectivity index (χ3v) is 5.80. The van der Waals surface area contributed by atoms with E-state index >= 15 is 0 Å². The maximum Gasteiger partial charge on any atom is 0.198 e. The first-order valence-corrected chi connectivity index (χ1v) is 10.2. The molecule has 0 fully saturated rings. The van der Waals surface area contributed by atoms with Crippen molar-refractivity contribution in [2.75, 3.05) is 20.2 Å². The standard InChI is InChI=1S/C24H22FN5O/c1-31-21-15-17(6-7-20(21)25)16-4-2-5-19(14-16)24(18-8-11-27-12-9-18)22-28-10-3-13-30(22)23(26)29-24/h2,4-9,11-12,14-15H,3,10,13H2,1H3,(H2,26,29). The summed E-state index contributed by atoms with van der Waals surface area (Å²) in [4.78, 5) is 16.0. The van der Waals surface area contributed by atoms with Gasteiger partial charge in [0.1, 0.15) is 5.84 Å². The van der Waals surface area contributed by atoms with Gasteiger partial charge in [-0.1, -0.05) is 24.3 Å². The summed E-state index contributed by atoms with van der Waals surface area (Å²) in [6.45, 7) is 1.52. The molecular formula is C24H22FN5O. The average Bonchev–Trinajstić information content (AvgIpc) is 3.14. The van der Waals surface area contributed by atoms with Crippen molar-refractivity contribution in [1.82, 2.24) is 9.88 Å². The number of fused-ring (bicyclic) bond motifs is 1. The Balaban J connectivity index is 1.71. The molecule has 2 aromatic carbocycles.